The van der Waals surface area contributed by atoms with Crippen molar-refractivity contribution in [3.8, 4) is 11.4 Å². The summed E-state index contributed by atoms with van der Waals surface area (Å²) in [7, 11) is 0. The maximum absolute atomic E-state index is 11.8. The second kappa shape index (κ2) is 7.51. The number of nitrogens with one attached hydrogen (secondary N) is 3. The van der Waals surface area contributed by atoms with Crippen LogP contribution in [0.15, 0.2) is 29.0 Å². The fourth-order valence-corrected chi connectivity index (χ4v) is 2.30. The number of carbonyl (C=O) groups is 3. The van der Waals surface area contributed by atoms with Crippen molar-refractivity contribution in [2.75, 3.05) is 6.54 Å². The Morgan fingerprint density at radius 2 is 2.24 bits per heavy atom. The van der Waals surface area contributed by atoms with Crippen LogP contribution >= 0.6 is 0 Å². The molecule has 2 aromatic rings. The normalized spacial score (nSPS) is 16.4. The van der Waals surface area contributed by atoms with Crippen molar-refractivity contribution in [1.82, 2.24) is 31.1 Å². The molecule has 3 heterocycles. The zero-order chi connectivity index (χ0) is 17.6. The van der Waals surface area contributed by atoms with E-state index in [9.17, 15) is 14.4 Å². The Bertz CT molecular complexity index is 775. The largest absolute Gasteiger partial charge is 0.356 e. The highest BCUT2D eigenvalue weighted by Gasteiger charge is 2.29. The number of carbonyl (C=O) groups excluding carboxylic acids is 3. The molecule has 2 aromatic heterocycles. The maximum Gasteiger partial charge on any atom is 0.322 e. The Kier molecular flexibility index (Phi) is 4.97. The lowest BCUT2D eigenvalue weighted by Crippen LogP contribution is -2.32. The number of hydrogen-bond donors (Lipinski definition) is 3. The Balaban J connectivity index is 1.39. The predicted molar refractivity (Wildman–Crippen MR) is 83.9 cm³/mol. The number of pyridine rings is 1. The summed E-state index contributed by atoms with van der Waals surface area (Å²) in [6.45, 7) is 0.330. The lowest BCUT2D eigenvalue weighted by atomic mass is 10.1. The average molecular weight is 344 g/mol. The number of hydrogen-bond acceptors (Lipinski definition) is 7. The van der Waals surface area contributed by atoms with Gasteiger partial charge in [-0.25, -0.2) is 4.79 Å². The third-order valence-corrected chi connectivity index (χ3v) is 3.57. The standard InChI is InChI=1S/C15H16N6O4/c22-11(4-3-10-14(23)20-15(24)18-10)17-7-5-12-19-13(21-25-12)9-2-1-6-16-8-9/h1-2,6,8,10H,3-5,7H2,(H,17,22)(H2,18,20,23,24). The molecule has 3 rings (SSSR count). The van der Waals surface area contributed by atoms with Crippen LogP contribution in [0, 0.1) is 0 Å². The van der Waals surface area contributed by atoms with Gasteiger partial charge in [0.2, 0.25) is 17.6 Å². The zero-order valence-corrected chi connectivity index (χ0v) is 13.2. The van der Waals surface area contributed by atoms with Gasteiger partial charge in [0, 0.05) is 37.3 Å². The van der Waals surface area contributed by atoms with Crippen molar-refractivity contribution in [2.45, 2.75) is 25.3 Å². The van der Waals surface area contributed by atoms with Crippen LogP contribution in [-0.2, 0) is 16.0 Å². The van der Waals surface area contributed by atoms with E-state index >= 15 is 0 Å². The molecule has 10 nitrogen and oxygen atoms in total. The molecule has 1 aliphatic heterocycles. The Hall–Kier alpha value is -3.30. The fourth-order valence-electron chi connectivity index (χ4n) is 2.30. The van der Waals surface area contributed by atoms with Gasteiger partial charge in [-0.3, -0.25) is 19.9 Å². The number of aromatic nitrogens is 3. The Morgan fingerprint density at radius 3 is 2.96 bits per heavy atom. The SMILES string of the molecule is O=C(CCC1NC(=O)NC1=O)NCCc1nc(-c2cccnc2)no1. The second-order valence-corrected chi connectivity index (χ2v) is 5.41. The van der Waals surface area contributed by atoms with E-state index in [1.165, 1.54) is 0 Å². The quantitative estimate of drug-likeness (QED) is 0.590. The number of rotatable bonds is 7. The fraction of sp³-hybridized carbons (Fsp3) is 0.333. The molecule has 10 heteroatoms. The minimum atomic E-state index is -0.656. The van der Waals surface area contributed by atoms with Crippen molar-refractivity contribution < 1.29 is 18.9 Å². The van der Waals surface area contributed by atoms with Gasteiger partial charge in [0.05, 0.1) is 0 Å². The lowest BCUT2D eigenvalue weighted by Gasteiger charge is -2.07. The third-order valence-electron chi connectivity index (χ3n) is 3.57. The van der Waals surface area contributed by atoms with E-state index in [1.54, 1.807) is 18.5 Å². The topological polar surface area (TPSA) is 139 Å². The summed E-state index contributed by atoms with van der Waals surface area (Å²) >= 11 is 0. The molecule has 0 aliphatic carbocycles. The molecule has 0 spiro atoms. The summed E-state index contributed by atoms with van der Waals surface area (Å²) < 4.78 is 5.13. The van der Waals surface area contributed by atoms with Crippen molar-refractivity contribution in [3.05, 3.63) is 30.4 Å². The van der Waals surface area contributed by atoms with Crippen LogP contribution in [0.1, 0.15) is 18.7 Å². The van der Waals surface area contributed by atoms with Gasteiger partial charge in [0.1, 0.15) is 6.04 Å². The van der Waals surface area contributed by atoms with Gasteiger partial charge in [-0.2, -0.15) is 4.98 Å². The van der Waals surface area contributed by atoms with E-state index in [2.05, 4.69) is 31.1 Å². The molecule has 4 amide bonds. The van der Waals surface area contributed by atoms with Crippen LogP contribution < -0.4 is 16.0 Å². The van der Waals surface area contributed by atoms with E-state index in [-0.39, 0.29) is 18.7 Å². The molecule has 0 saturated carbocycles. The molecule has 130 valence electrons. The molecule has 1 unspecified atom stereocenters. The van der Waals surface area contributed by atoms with Crippen molar-refractivity contribution in [2.24, 2.45) is 0 Å². The molecule has 0 bridgehead atoms. The Morgan fingerprint density at radius 1 is 1.36 bits per heavy atom. The van der Waals surface area contributed by atoms with Gasteiger partial charge < -0.3 is 15.2 Å². The van der Waals surface area contributed by atoms with E-state index in [0.717, 1.165) is 5.56 Å². The van der Waals surface area contributed by atoms with Gasteiger partial charge in [0.15, 0.2) is 0 Å². The van der Waals surface area contributed by atoms with Crippen LogP contribution in [0.5, 0.6) is 0 Å². The van der Waals surface area contributed by atoms with E-state index in [1.807, 2.05) is 6.07 Å². The van der Waals surface area contributed by atoms with Gasteiger partial charge in [-0.1, -0.05) is 5.16 Å². The van der Waals surface area contributed by atoms with Crippen molar-refractivity contribution in [3.63, 3.8) is 0 Å². The first-order valence-electron chi connectivity index (χ1n) is 7.73. The summed E-state index contributed by atoms with van der Waals surface area (Å²) in [4.78, 5) is 42.3. The summed E-state index contributed by atoms with van der Waals surface area (Å²) in [6.07, 6.45) is 4.05. The van der Waals surface area contributed by atoms with Crippen LogP contribution in [0.2, 0.25) is 0 Å². The summed E-state index contributed by atoms with van der Waals surface area (Å²) in [6, 6.07) is 2.41. The highest BCUT2D eigenvalue weighted by molar-refractivity contribution is 6.04. The smallest absolute Gasteiger partial charge is 0.322 e. The summed E-state index contributed by atoms with van der Waals surface area (Å²) in [5.41, 5.74) is 0.749. The molecule has 3 N–H and O–H groups in total. The average Bonchev–Trinajstić information content (AvgIpc) is 3.20. The number of nitrogens with zero attached hydrogens (tertiary/aromatic N) is 3. The van der Waals surface area contributed by atoms with Gasteiger partial charge in [-0.15, -0.1) is 0 Å². The molecule has 25 heavy (non-hydrogen) atoms. The minimum Gasteiger partial charge on any atom is -0.356 e. The predicted octanol–water partition coefficient (Wildman–Crippen LogP) is -0.221. The zero-order valence-electron chi connectivity index (χ0n) is 13.2. The molecule has 1 fully saturated rings. The number of imide groups is 1. The Labute approximate surface area is 142 Å². The van der Waals surface area contributed by atoms with Crippen molar-refractivity contribution in [1.29, 1.82) is 0 Å². The monoisotopic (exact) mass is 344 g/mol. The van der Waals surface area contributed by atoms with Crippen LogP contribution in [-0.4, -0.2) is 45.6 Å². The first-order valence-corrected chi connectivity index (χ1v) is 7.73. The van der Waals surface area contributed by atoms with Crippen LogP contribution in [0.4, 0.5) is 4.79 Å². The van der Waals surface area contributed by atoms with E-state index in [4.69, 9.17) is 4.52 Å². The summed E-state index contributed by atoms with van der Waals surface area (Å²) in [5, 5.41) is 11.1. The van der Waals surface area contributed by atoms with Crippen LogP contribution in [0.3, 0.4) is 0 Å². The molecule has 1 saturated heterocycles. The molecular formula is C15H16N6O4. The second-order valence-electron chi connectivity index (χ2n) is 5.41. The highest BCUT2D eigenvalue weighted by Crippen LogP contribution is 2.13. The number of amides is 4. The minimum absolute atomic E-state index is 0.128. The van der Waals surface area contributed by atoms with Gasteiger partial charge in [-0.05, 0) is 18.6 Å². The van der Waals surface area contributed by atoms with E-state index < -0.39 is 18.0 Å². The van der Waals surface area contributed by atoms with Crippen molar-refractivity contribution >= 4 is 17.8 Å². The molecule has 0 aromatic carbocycles. The highest BCUT2D eigenvalue weighted by atomic mass is 16.5. The first kappa shape index (κ1) is 16.6. The first-order chi connectivity index (χ1) is 12.1. The number of urea groups is 1. The van der Waals surface area contributed by atoms with Gasteiger partial charge >= 0.3 is 6.03 Å². The molecule has 1 aliphatic rings. The van der Waals surface area contributed by atoms with E-state index in [0.29, 0.717) is 24.7 Å². The lowest BCUT2D eigenvalue weighted by molar-refractivity contribution is -0.122. The molecular weight excluding hydrogens is 328 g/mol. The maximum atomic E-state index is 11.8. The van der Waals surface area contributed by atoms with Gasteiger partial charge in [0.25, 0.3) is 5.91 Å². The molecule has 0 radical (unpaired) electrons. The molecule has 1 atom stereocenters. The van der Waals surface area contributed by atoms with Crippen LogP contribution in [0.25, 0.3) is 11.4 Å². The third kappa shape index (κ3) is 4.37. The summed E-state index contributed by atoms with van der Waals surface area (Å²) in [5.74, 6) is 0.214.